The van der Waals surface area contributed by atoms with E-state index in [0.29, 0.717) is 16.9 Å². The first-order valence-corrected chi connectivity index (χ1v) is 8.26. The van der Waals surface area contributed by atoms with Crippen molar-refractivity contribution in [3.05, 3.63) is 72.1 Å². The summed E-state index contributed by atoms with van der Waals surface area (Å²) in [6.45, 7) is 0.312. The molecule has 130 valence electrons. The van der Waals surface area contributed by atoms with Crippen molar-refractivity contribution in [3.63, 3.8) is 0 Å². The van der Waals surface area contributed by atoms with Crippen molar-refractivity contribution in [2.24, 2.45) is 7.05 Å². The average molecular weight is 349 g/mol. The van der Waals surface area contributed by atoms with Crippen LogP contribution in [0.25, 0.3) is 10.8 Å². The summed E-state index contributed by atoms with van der Waals surface area (Å²) in [5.74, 6) is -0.175. The van der Waals surface area contributed by atoms with Crippen molar-refractivity contribution < 1.29 is 23.7 Å². The van der Waals surface area contributed by atoms with E-state index >= 15 is 0 Å². The van der Waals surface area contributed by atoms with E-state index in [1.165, 1.54) is 0 Å². The molecule has 0 spiro atoms. The number of aromatic nitrogens is 1. The van der Waals surface area contributed by atoms with Gasteiger partial charge in [-0.1, -0.05) is 12.1 Å². The van der Waals surface area contributed by atoms with E-state index in [1.807, 2.05) is 48.3 Å². The lowest BCUT2D eigenvalue weighted by Crippen LogP contribution is -2.31. The highest BCUT2D eigenvalue weighted by Gasteiger charge is 2.36. The quantitative estimate of drug-likeness (QED) is 0.403. The topological polar surface area (TPSA) is 59.7 Å². The Labute approximate surface area is 150 Å². The monoisotopic (exact) mass is 349 g/mol. The Kier molecular flexibility index (Phi) is 4.10. The van der Waals surface area contributed by atoms with Gasteiger partial charge in [-0.15, -0.1) is 5.06 Å². The lowest BCUT2D eigenvalue weighted by Gasteiger charge is -2.13. The van der Waals surface area contributed by atoms with Crippen LogP contribution in [0.4, 0.5) is 0 Å². The van der Waals surface area contributed by atoms with Crippen LogP contribution in [0, 0.1) is 0 Å². The maximum atomic E-state index is 12.2. The van der Waals surface area contributed by atoms with Crippen LogP contribution in [0.5, 0.6) is 5.75 Å². The van der Waals surface area contributed by atoms with Gasteiger partial charge in [-0.05, 0) is 35.7 Å². The summed E-state index contributed by atoms with van der Waals surface area (Å²) < 4.78 is 7.66. The highest BCUT2D eigenvalue weighted by atomic mass is 16.7. The number of pyridine rings is 1. The Hall–Kier alpha value is -3.25. The number of carbonyl (C=O) groups excluding carboxylic acids is 2. The van der Waals surface area contributed by atoms with Gasteiger partial charge in [0.25, 0.3) is 11.8 Å². The maximum Gasteiger partial charge on any atom is 0.285 e. The molecular weight excluding hydrogens is 332 g/mol. The number of aryl methyl sites for hydroxylation is 1. The lowest BCUT2D eigenvalue weighted by atomic mass is 10.1. The minimum Gasteiger partial charge on any atom is -0.491 e. The van der Waals surface area contributed by atoms with Gasteiger partial charge in [0.1, 0.15) is 26.0 Å². The molecule has 4 rings (SSSR count). The van der Waals surface area contributed by atoms with Gasteiger partial charge in [0.2, 0.25) is 0 Å². The molecule has 6 heteroatoms. The fraction of sp³-hybridized carbons (Fsp3) is 0.150. The summed E-state index contributed by atoms with van der Waals surface area (Å²) >= 11 is 0. The summed E-state index contributed by atoms with van der Waals surface area (Å²) in [5.41, 5.74) is 0.724. The summed E-state index contributed by atoms with van der Waals surface area (Å²) in [6.07, 6.45) is 4.00. The van der Waals surface area contributed by atoms with E-state index in [9.17, 15) is 9.59 Å². The molecule has 1 aliphatic heterocycles. The van der Waals surface area contributed by atoms with E-state index in [2.05, 4.69) is 0 Å². The second kappa shape index (κ2) is 6.57. The van der Waals surface area contributed by atoms with Crippen molar-refractivity contribution >= 4 is 22.6 Å². The molecule has 6 nitrogen and oxygen atoms in total. The van der Waals surface area contributed by atoms with Gasteiger partial charge >= 0.3 is 0 Å². The molecule has 0 bridgehead atoms. The van der Waals surface area contributed by atoms with E-state index in [1.54, 1.807) is 24.3 Å². The molecule has 0 saturated carbocycles. The third-order valence-corrected chi connectivity index (χ3v) is 4.22. The van der Waals surface area contributed by atoms with Crippen LogP contribution < -0.4 is 9.30 Å². The molecule has 1 aliphatic rings. The molecule has 0 atom stereocenters. The number of hydroxylamine groups is 2. The fourth-order valence-corrected chi connectivity index (χ4v) is 2.94. The highest BCUT2D eigenvalue weighted by molar-refractivity contribution is 6.20. The molecule has 0 aliphatic carbocycles. The number of ether oxygens (including phenoxy) is 1. The maximum absolute atomic E-state index is 12.2. The van der Waals surface area contributed by atoms with Gasteiger partial charge in [0.05, 0.1) is 11.1 Å². The molecule has 0 radical (unpaired) electrons. The van der Waals surface area contributed by atoms with E-state index in [4.69, 9.17) is 9.57 Å². The second-order valence-corrected chi connectivity index (χ2v) is 6.03. The molecule has 26 heavy (non-hydrogen) atoms. The third-order valence-electron chi connectivity index (χ3n) is 4.22. The van der Waals surface area contributed by atoms with Crippen LogP contribution in [0.15, 0.2) is 60.9 Å². The molecule has 0 saturated heterocycles. The van der Waals surface area contributed by atoms with Crippen molar-refractivity contribution in [1.82, 2.24) is 5.06 Å². The first kappa shape index (κ1) is 16.2. The van der Waals surface area contributed by atoms with Gasteiger partial charge < -0.3 is 4.74 Å². The highest BCUT2D eigenvalue weighted by Crippen LogP contribution is 2.23. The Morgan fingerprint density at radius 3 is 2.38 bits per heavy atom. The summed E-state index contributed by atoms with van der Waals surface area (Å²) in [7, 11) is 1.97. The number of hydrogen-bond acceptors (Lipinski definition) is 4. The SMILES string of the molecule is C[n+]1ccc2cc(OCCON3C(=O)c4ccccc4C3=O)ccc2c1. The first-order chi connectivity index (χ1) is 12.6. The van der Waals surface area contributed by atoms with E-state index in [0.717, 1.165) is 15.8 Å². The smallest absolute Gasteiger partial charge is 0.285 e. The third kappa shape index (κ3) is 2.91. The predicted molar refractivity (Wildman–Crippen MR) is 93.5 cm³/mol. The van der Waals surface area contributed by atoms with Gasteiger partial charge in [0, 0.05) is 11.5 Å². The van der Waals surface area contributed by atoms with Crippen molar-refractivity contribution in [2.45, 2.75) is 0 Å². The van der Waals surface area contributed by atoms with Crippen molar-refractivity contribution in [3.8, 4) is 5.75 Å². The molecule has 2 aromatic carbocycles. The summed E-state index contributed by atoms with van der Waals surface area (Å²) in [5, 5.41) is 2.99. The number of benzene rings is 2. The van der Waals surface area contributed by atoms with Gasteiger partial charge in [0.15, 0.2) is 12.4 Å². The Bertz CT molecular complexity index is 981. The fourth-order valence-electron chi connectivity index (χ4n) is 2.94. The van der Waals surface area contributed by atoms with Crippen LogP contribution in [0.3, 0.4) is 0 Å². The van der Waals surface area contributed by atoms with Crippen LogP contribution in [0.2, 0.25) is 0 Å². The molecule has 2 heterocycles. The van der Waals surface area contributed by atoms with Gasteiger partial charge in [-0.3, -0.25) is 14.4 Å². The number of imide groups is 1. The second-order valence-electron chi connectivity index (χ2n) is 6.03. The van der Waals surface area contributed by atoms with Gasteiger partial charge in [-0.25, -0.2) is 4.57 Å². The molecule has 3 aromatic rings. The zero-order valence-electron chi connectivity index (χ0n) is 14.2. The van der Waals surface area contributed by atoms with Crippen LogP contribution in [0.1, 0.15) is 20.7 Å². The normalized spacial score (nSPS) is 13.3. The minimum absolute atomic E-state index is 0.0905. The summed E-state index contributed by atoms with van der Waals surface area (Å²) in [4.78, 5) is 29.7. The van der Waals surface area contributed by atoms with Crippen LogP contribution >= 0.6 is 0 Å². The first-order valence-electron chi connectivity index (χ1n) is 8.26. The minimum atomic E-state index is -0.441. The number of hydrogen-bond donors (Lipinski definition) is 0. The number of fused-ring (bicyclic) bond motifs is 2. The van der Waals surface area contributed by atoms with Gasteiger partial charge in [-0.2, -0.15) is 0 Å². The summed E-state index contributed by atoms with van der Waals surface area (Å²) in [6, 6.07) is 14.5. The molecule has 1 aromatic heterocycles. The molecular formula is C20H17N2O4+. The van der Waals surface area contributed by atoms with Crippen molar-refractivity contribution in [2.75, 3.05) is 13.2 Å². The average Bonchev–Trinajstić information content (AvgIpc) is 2.90. The van der Waals surface area contributed by atoms with Crippen LogP contribution in [-0.4, -0.2) is 30.1 Å². The number of nitrogens with zero attached hydrogens (tertiary/aromatic N) is 2. The van der Waals surface area contributed by atoms with E-state index < -0.39 is 11.8 Å². The molecule has 0 unspecified atom stereocenters. The molecule has 0 N–H and O–H groups in total. The number of amides is 2. The van der Waals surface area contributed by atoms with E-state index in [-0.39, 0.29) is 13.2 Å². The lowest BCUT2D eigenvalue weighted by molar-refractivity contribution is -0.670. The predicted octanol–water partition coefficient (Wildman–Crippen LogP) is 2.27. The Balaban J connectivity index is 1.35. The zero-order valence-corrected chi connectivity index (χ0v) is 14.2. The number of rotatable bonds is 5. The standard InChI is InChI=1S/C20H17N2O4/c1-21-9-8-14-12-16(7-6-15(14)13-21)25-10-11-26-22-19(23)17-4-2-3-5-18(17)20(22)24/h2-9,12-13H,10-11H2,1H3/q+1. The Morgan fingerprint density at radius 1 is 0.923 bits per heavy atom. The largest absolute Gasteiger partial charge is 0.491 e. The Morgan fingerprint density at radius 2 is 1.65 bits per heavy atom. The number of carbonyl (C=O) groups is 2. The van der Waals surface area contributed by atoms with Crippen molar-refractivity contribution in [1.29, 1.82) is 0 Å². The molecule has 0 fully saturated rings. The zero-order chi connectivity index (χ0) is 18.1. The molecule has 2 amide bonds. The van der Waals surface area contributed by atoms with Crippen LogP contribution in [-0.2, 0) is 11.9 Å².